The highest BCUT2D eigenvalue weighted by atomic mass is 79.9. The van der Waals surface area contributed by atoms with Crippen molar-refractivity contribution in [3.05, 3.63) is 20.8 Å². The summed E-state index contributed by atoms with van der Waals surface area (Å²) in [6.45, 7) is 4.17. The number of rotatable bonds is 6. The summed E-state index contributed by atoms with van der Waals surface area (Å²) >= 11 is 4.91. The molecule has 0 aromatic carbocycles. The van der Waals surface area contributed by atoms with Gasteiger partial charge in [0.2, 0.25) is 0 Å². The summed E-state index contributed by atoms with van der Waals surface area (Å²) in [6, 6.07) is 0.713. The zero-order valence-corrected chi connectivity index (χ0v) is 14.1. The summed E-state index contributed by atoms with van der Waals surface area (Å²) < 4.78 is 0.981. The quantitative estimate of drug-likeness (QED) is 0.816. The molecule has 112 valence electrons. The standard InChI is InChI=1S/C13H19BrN2O3S/c1-4-8(2)11(12(17)18)15-13(19)16(3)6-10-5-9(14)7-20-10/h5,7-8,11H,4,6H2,1-3H3,(H,15,19)(H,17,18)/t8?,11-/m0/s1. The first-order valence-corrected chi connectivity index (χ1v) is 7.99. The van der Waals surface area contributed by atoms with E-state index in [1.165, 1.54) is 4.90 Å². The van der Waals surface area contributed by atoms with Crippen LogP contribution in [0.15, 0.2) is 15.9 Å². The van der Waals surface area contributed by atoms with Gasteiger partial charge in [-0.1, -0.05) is 20.3 Å². The fraction of sp³-hybridized carbons (Fsp3) is 0.538. The van der Waals surface area contributed by atoms with Crippen molar-refractivity contribution in [2.24, 2.45) is 5.92 Å². The Morgan fingerprint density at radius 1 is 1.55 bits per heavy atom. The van der Waals surface area contributed by atoms with Gasteiger partial charge in [-0.15, -0.1) is 11.3 Å². The van der Waals surface area contributed by atoms with E-state index in [2.05, 4.69) is 21.2 Å². The molecule has 0 spiro atoms. The Hall–Kier alpha value is -1.08. The molecule has 1 unspecified atom stereocenters. The Labute approximate surface area is 131 Å². The summed E-state index contributed by atoms with van der Waals surface area (Å²) in [5.41, 5.74) is 0. The van der Waals surface area contributed by atoms with Gasteiger partial charge in [-0.3, -0.25) is 0 Å². The molecular formula is C13H19BrN2O3S. The Morgan fingerprint density at radius 3 is 2.65 bits per heavy atom. The van der Waals surface area contributed by atoms with Crippen molar-refractivity contribution < 1.29 is 14.7 Å². The second-order valence-corrected chi connectivity index (χ2v) is 6.65. The average molecular weight is 363 g/mol. The van der Waals surface area contributed by atoms with Crippen LogP contribution in [0.4, 0.5) is 4.79 Å². The van der Waals surface area contributed by atoms with Crippen LogP contribution in [0.1, 0.15) is 25.1 Å². The predicted octanol–water partition coefficient (Wildman–Crippen LogP) is 3.15. The molecule has 7 heteroatoms. The normalized spacial score (nSPS) is 13.6. The molecular weight excluding hydrogens is 344 g/mol. The van der Waals surface area contributed by atoms with Gasteiger partial charge < -0.3 is 15.3 Å². The van der Waals surface area contributed by atoms with Crippen LogP contribution < -0.4 is 5.32 Å². The van der Waals surface area contributed by atoms with Crippen molar-refractivity contribution in [2.45, 2.75) is 32.9 Å². The first kappa shape index (κ1) is 17.0. The highest BCUT2D eigenvalue weighted by Gasteiger charge is 2.26. The van der Waals surface area contributed by atoms with Crippen molar-refractivity contribution in [3.63, 3.8) is 0 Å². The average Bonchev–Trinajstić information content (AvgIpc) is 2.79. The Morgan fingerprint density at radius 2 is 2.20 bits per heavy atom. The number of carbonyl (C=O) groups excluding carboxylic acids is 1. The molecule has 0 bridgehead atoms. The highest BCUT2D eigenvalue weighted by molar-refractivity contribution is 9.10. The number of hydrogen-bond donors (Lipinski definition) is 2. The van der Waals surface area contributed by atoms with Crippen LogP contribution in [-0.2, 0) is 11.3 Å². The number of carbonyl (C=O) groups is 2. The molecule has 0 saturated carbocycles. The van der Waals surface area contributed by atoms with Gasteiger partial charge in [0.1, 0.15) is 6.04 Å². The number of amides is 2. The van der Waals surface area contributed by atoms with E-state index in [0.717, 1.165) is 9.35 Å². The minimum absolute atomic E-state index is 0.110. The van der Waals surface area contributed by atoms with Gasteiger partial charge in [0.15, 0.2) is 0 Å². The van der Waals surface area contributed by atoms with Gasteiger partial charge in [0.25, 0.3) is 0 Å². The lowest BCUT2D eigenvalue weighted by Crippen LogP contribution is -2.49. The largest absolute Gasteiger partial charge is 0.480 e. The number of halogens is 1. The number of carboxylic acid groups (broad SMARTS) is 1. The summed E-state index contributed by atoms with van der Waals surface area (Å²) in [6.07, 6.45) is 0.693. The van der Waals surface area contributed by atoms with E-state index in [1.54, 1.807) is 18.4 Å². The number of thiophene rings is 1. The molecule has 20 heavy (non-hydrogen) atoms. The van der Waals surface area contributed by atoms with Crippen LogP contribution in [-0.4, -0.2) is 35.1 Å². The third kappa shape index (κ3) is 4.79. The maximum absolute atomic E-state index is 12.0. The Bertz CT molecular complexity index is 478. The van der Waals surface area contributed by atoms with Gasteiger partial charge >= 0.3 is 12.0 Å². The maximum atomic E-state index is 12.0. The molecule has 1 rings (SSSR count). The molecule has 2 N–H and O–H groups in total. The summed E-state index contributed by atoms with van der Waals surface area (Å²) in [4.78, 5) is 25.7. The lowest BCUT2D eigenvalue weighted by Gasteiger charge is -2.24. The second kappa shape index (κ2) is 7.64. The van der Waals surface area contributed by atoms with Gasteiger partial charge in [-0.05, 0) is 27.9 Å². The van der Waals surface area contributed by atoms with E-state index in [-0.39, 0.29) is 11.9 Å². The SMILES string of the molecule is CCC(C)[C@H](NC(=O)N(C)Cc1cc(Br)cs1)C(=O)O. The van der Waals surface area contributed by atoms with Crippen LogP contribution in [0.25, 0.3) is 0 Å². The Kier molecular flexibility index (Phi) is 6.48. The third-order valence-electron chi connectivity index (χ3n) is 3.12. The topological polar surface area (TPSA) is 69.6 Å². The minimum atomic E-state index is -1.00. The van der Waals surface area contributed by atoms with E-state index in [1.807, 2.05) is 25.3 Å². The number of nitrogens with zero attached hydrogens (tertiary/aromatic N) is 1. The lowest BCUT2D eigenvalue weighted by molar-refractivity contribution is -0.140. The third-order valence-corrected chi connectivity index (χ3v) is 4.80. The van der Waals surface area contributed by atoms with Crippen LogP contribution >= 0.6 is 27.3 Å². The van der Waals surface area contributed by atoms with Gasteiger partial charge in [0, 0.05) is 21.8 Å². The van der Waals surface area contributed by atoms with Crippen molar-refractivity contribution in [1.29, 1.82) is 0 Å². The molecule has 0 aliphatic carbocycles. The zero-order valence-electron chi connectivity index (χ0n) is 11.7. The highest BCUT2D eigenvalue weighted by Crippen LogP contribution is 2.20. The molecule has 2 amide bonds. The van der Waals surface area contributed by atoms with E-state index in [0.29, 0.717) is 13.0 Å². The first-order chi connectivity index (χ1) is 9.35. The van der Waals surface area contributed by atoms with Crippen molar-refractivity contribution in [3.8, 4) is 0 Å². The fourth-order valence-electron chi connectivity index (χ4n) is 1.67. The number of hydrogen-bond acceptors (Lipinski definition) is 3. The molecule has 0 radical (unpaired) electrons. The number of nitrogens with one attached hydrogen (secondary N) is 1. The van der Waals surface area contributed by atoms with Crippen LogP contribution in [0.3, 0.4) is 0 Å². The fourth-order valence-corrected chi connectivity index (χ4v) is 3.17. The summed E-state index contributed by atoms with van der Waals surface area (Å²) in [7, 11) is 1.65. The van der Waals surface area contributed by atoms with Gasteiger partial charge in [-0.25, -0.2) is 9.59 Å². The van der Waals surface area contributed by atoms with Gasteiger partial charge in [-0.2, -0.15) is 0 Å². The zero-order chi connectivity index (χ0) is 15.3. The van der Waals surface area contributed by atoms with E-state index in [9.17, 15) is 9.59 Å². The van der Waals surface area contributed by atoms with Gasteiger partial charge in [0.05, 0.1) is 6.54 Å². The summed E-state index contributed by atoms with van der Waals surface area (Å²) in [5, 5.41) is 13.7. The van der Waals surface area contributed by atoms with Crippen LogP contribution in [0, 0.1) is 5.92 Å². The molecule has 0 aliphatic rings. The minimum Gasteiger partial charge on any atom is -0.480 e. The molecule has 1 aromatic rings. The summed E-state index contributed by atoms with van der Waals surface area (Å²) in [5.74, 6) is -1.11. The monoisotopic (exact) mass is 362 g/mol. The van der Waals surface area contributed by atoms with Crippen molar-refractivity contribution >= 4 is 39.3 Å². The number of aliphatic carboxylic acids is 1. The molecule has 0 aliphatic heterocycles. The van der Waals surface area contributed by atoms with Crippen molar-refractivity contribution in [1.82, 2.24) is 10.2 Å². The number of urea groups is 1. The van der Waals surface area contributed by atoms with E-state index in [4.69, 9.17) is 5.11 Å². The van der Waals surface area contributed by atoms with Crippen LogP contribution in [0.2, 0.25) is 0 Å². The molecule has 1 aromatic heterocycles. The van der Waals surface area contributed by atoms with E-state index >= 15 is 0 Å². The van der Waals surface area contributed by atoms with Crippen molar-refractivity contribution in [2.75, 3.05) is 7.05 Å². The molecule has 0 fully saturated rings. The number of carboxylic acids is 1. The first-order valence-electron chi connectivity index (χ1n) is 6.32. The second-order valence-electron chi connectivity index (χ2n) is 4.74. The molecule has 0 saturated heterocycles. The molecule has 2 atom stereocenters. The molecule has 5 nitrogen and oxygen atoms in total. The lowest BCUT2D eigenvalue weighted by atomic mass is 9.99. The smallest absolute Gasteiger partial charge is 0.326 e. The maximum Gasteiger partial charge on any atom is 0.326 e. The Balaban J connectivity index is 2.61. The van der Waals surface area contributed by atoms with Crippen LogP contribution in [0.5, 0.6) is 0 Å². The molecule has 1 heterocycles. The van der Waals surface area contributed by atoms with E-state index < -0.39 is 12.0 Å². The predicted molar refractivity (Wildman–Crippen MR) is 82.9 cm³/mol.